The number of amides is 2. The highest BCUT2D eigenvalue weighted by Gasteiger charge is 2.46. The van der Waals surface area contributed by atoms with Crippen molar-refractivity contribution >= 4 is 27.5 Å². The predicted octanol–water partition coefficient (Wildman–Crippen LogP) is -5.92. The van der Waals surface area contributed by atoms with Crippen LogP contribution in [0.25, 0.3) is 0 Å². The molecule has 0 radical (unpaired) electrons. The second-order valence-electron chi connectivity index (χ2n) is 8.12. The highest BCUT2D eigenvalue weighted by Crippen LogP contribution is 2.37. The Morgan fingerprint density at radius 2 is 0.947 bits per heavy atom. The van der Waals surface area contributed by atoms with Crippen LogP contribution in [0.2, 0.25) is 0 Å². The molecule has 12 N–H and O–H groups in total. The largest absolute Gasteiger partial charge is 0.469 e. The van der Waals surface area contributed by atoms with Crippen LogP contribution in [-0.4, -0.2) is 137 Å². The molecule has 2 amide bonds. The molecule has 0 spiro atoms. The lowest BCUT2D eigenvalue weighted by molar-refractivity contribution is -0.252. The molecule has 0 aromatic rings. The van der Waals surface area contributed by atoms with E-state index >= 15 is 0 Å². The Kier molecular flexibility index (Phi) is 13.3. The van der Waals surface area contributed by atoms with E-state index in [1.165, 1.54) is 0 Å². The number of phosphoric acid groups is 2. The van der Waals surface area contributed by atoms with Crippen LogP contribution in [-0.2, 0) is 37.2 Å². The lowest BCUT2D eigenvalue weighted by Crippen LogP contribution is -2.64. The van der Waals surface area contributed by atoms with Crippen LogP contribution in [0.15, 0.2) is 0 Å². The van der Waals surface area contributed by atoms with E-state index in [4.69, 9.17) is 29.0 Å². The van der Waals surface area contributed by atoms with Gasteiger partial charge in [0.25, 0.3) is 0 Å². The van der Waals surface area contributed by atoms with Crippen LogP contribution in [0.4, 0.5) is 0 Å². The van der Waals surface area contributed by atoms with Gasteiger partial charge in [-0.1, -0.05) is 0 Å². The lowest BCUT2D eigenvalue weighted by atomic mass is 9.97. The average Bonchev–Trinajstić information content (AvgIpc) is 2.76. The highest BCUT2D eigenvalue weighted by atomic mass is 31.2. The molecule has 2 unspecified atom stereocenters. The van der Waals surface area contributed by atoms with Crippen LogP contribution < -0.4 is 10.6 Å². The number of nitrogens with one attached hydrogen (secondary N) is 2. The van der Waals surface area contributed by atoms with Crippen molar-refractivity contribution in [2.45, 2.75) is 75.1 Å². The molecule has 0 saturated carbocycles. The molecular formula is C16H32N2O18P2. The van der Waals surface area contributed by atoms with E-state index in [1.807, 2.05) is 0 Å². The van der Waals surface area contributed by atoms with E-state index < -0.39 is 102 Å². The molecule has 0 aromatic heterocycles. The standard InChI is InChI=1S/2C8H16NO9P/c2*1-3(10)9-5-7(12)6(11)4(18-8(5)13)2-17-19(14,15)16/h2*4-8,11-13H,2H2,1H3,(H,9,10)(H2,14,15,16)/t4-,5+,6-,7-,8?;4-,5-,6-,7-,8?/m11/s1. The molecular weight excluding hydrogens is 570 g/mol. The summed E-state index contributed by atoms with van der Waals surface area (Å²) in [6, 6.07) is -2.50. The minimum atomic E-state index is -4.76. The monoisotopic (exact) mass is 602 g/mol. The van der Waals surface area contributed by atoms with Crippen LogP contribution in [0.1, 0.15) is 13.8 Å². The normalized spacial score (nSPS) is 36.0. The first-order chi connectivity index (χ1) is 17.2. The molecule has 2 aliphatic heterocycles. The van der Waals surface area contributed by atoms with E-state index in [1.54, 1.807) is 0 Å². The Balaban J connectivity index is 0.000000380. The molecule has 2 heterocycles. The fourth-order valence-corrected chi connectivity index (χ4v) is 3.97. The van der Waals surface area contributed by atoms with Gasteiger partial charge < -0.3 is 70.3 Å². The zero-order valence-electron chi connectivity index (χ0n) is 19.8. The summed E-state index contributed by atoms with van der Waals surface area (Å²) >= 11 is 0. The summed E-state index contributed by atoms with van der Waals surface area (Å²) in [7, 11) is -9.52. The van der Waals surface area contributed by atoms with E-state index in [0.29, 0.717) is 0 Å². The number of aliphatic hydroxyl groups excluding tert-OH is 6. The summed E-state index contributed by atoms with van der Waals surface area (Å²) < 4.78 is 38.9. The van der Waals surface area contributed by atoms with Crippen molar-refractivity contribution in [2.75, 3.05) is 13.2 Å². The quantitative estimate of drug-likeness (QED) is 0.115. The second-order valence-corrected chi connectivity index (χ2v) is 10.6. The van der Waals surface area contributed by atoms with Gasteiger partial charge in [0, 0.05) is 13.8 Å². The molecule has 0 bridgehead atoms. The van der Waals surface area contributed by atoms with Gasteiger partial charge >= 0.3 is 15.6 Å². The molecule has 224 valence electrons. The summed E-state index contributed by atoms with van der Waals surface area (Å²) in [6.07, 6.45) is -12.3. The third kappa shape index (κ3) is 11.5. The van der Waals surface area contributed by atoms with Crippen LogP contribution >= 0.6 is 15.6 Å². The number of aliphatic hydroxyl groups is 6. The Hall–Kier alpha value is -1.16. The maximum absolute atomic E-state index is 10.9. The molecule has 0 aliphatic carbocycles. The minimum absolute atomic E-state index is 0.552. The van der Waals surface area contributed by atoms with E-state index in [2.05, 4.69) is 19.7 Å². The topological polar surface area (TPSA) is 332 Å². The molecule has 22 heteroatoms. The van der Waals surface area contributed by atoms with Crippen molar-refractivity contribution in [1.29, 1.82) is 0 Å². The van der Waals surface area contributed by atoms with Crippen molar-refractivity contribution in [2.24, 2.45) is 0 Å². The van der Waals surface area contributed by atoms with Crippen LogP contribution in [0, 0.1) is 0 Å². The third-order valence-corrected chi connectivity index (χ3v) is 5.97. The van der Waals surface area contributed by atoms with Crippen LogP contribution in [0.3, 0.4) is 0 Å². The number of rotatable bonds is 8. The van der Waals surface area contributed by atoms with Crippen molar-refractivity contribution < 1.29 is 87.5 Å². The van der Waals surface area contributed by atoms with Crippen molar-refractivity contribution in [3.05, 3.63) is 0 Å². The zero-order chi connectivity index (χ0) is 29.6. The fraction of sp³-hybridized carbons (Fsp3) is 0.875. The Labute approximate surface area is 214 Å². The van der Waals surface area contributed by atoms with Crippen molar-refractivity contribution in [1.82, 2.24) is 10.6 Å². The summed E-state index contributed by atoms with van der Waals surface area (Å²) in [5.41, 5.74) is 0. The number of carbonyl (C=O) groups excluding carboxylic acids is 2. The summed E-state index contributed by atoms with van der Waals surface area (Å²) in [6.45, 7) is 0.836. The Morgan fingerprint density at radius 3 is 1.18 bits per heavy atom. The molecule has 0 aromatic carbocycles. The number of phosphoric ester groups is 2. The molecule has 10 atom stereocenters. The van der Waals surface area contributed by atoms with Crippen molar-refractivity contribution in [3.8, 4) is 0 Å². The van der Waals surface area contributed by atoms with Crippen LogP contribution in [0.5, 0.6) is 0 Å². The fourth-order valence-electron chi connectivity index (χ4n) is 3.29. The van der Waals surface area contributed by atoms with E-state index in [-0.39, 0.29) is 0 Å². The van der Waals surface area contributed by atoms with Gasteiger partial charge in [0.15, 0.2) is 12.6 Å². The molecule has 2 rings (SSSR count). The van der Waals surface area contributed by atoms with Crippen molar-refractivity contribution in [3.63, 3.8) is 0 Å². The SMILES string of the molecule is CC(=O)N[C@@H]1C(O)O[C@H](COP(=O)(O)O)[C@@H](O)[C@@H]1O.CC(=O)N[C@H]1C(O)O[C@H](COP(=O)(O)O)[C@@H](O)[C@@H]1O. The molecule has 2 saturated heterocycles. The Morgan fingerprint density at radius 1 is 0.658 bits per heavy atom. The average molecular weight is 602 g/mol. The predicted molar refractivity (Wildman–Crippen MR) is 117 cm³/mol. The Bertz CT molecular complexity index is 812. The van der Waals surface area contributed by atoms with Gasteiger partial charge in [-0.3, -0.25) is 18.6 Å². The number of hydrogen-bond acceptors (Lipinski definition) is 14. The van der Waals surface area contributed by atoms with E-state index in [0.717, 1.165) is 13.8 Å². The van der Waals surface area contributed by atoms with Gasteiger partial charge in [-0.25, -0.2) is 9.13 Å². The first-order valence-electron chi connectivity index (χ1n) is 10.6. The summed E-state index contributed by atoms with van der Waals surface area (Å²) in [5.74, 6) is -1.10. The van der Waals surface area contributed by atoms with Gasteiger partial charge in [-0.05, 0) is 0 Å². The second kappa shape index (κ2) is 14.5. The first kappa shape index (κ1) is 34.9. The molecule has 20 nitrogen and oxygen atoms in total. The van der Waals surface area contributed by atoms with Gasteiger partial charge in [0.05, 0.1) is 13.2 Å². The number of hydrogen-bond donors (Lipinski definition) is 12. The van der Waals surface area contributed by atoms with Gasteiger partial charge in [0.2, 0.25) is 11.8 Å². The smallest absolute Gasteiger partial charge is 0.388 e. The summed E-state index contributed by atoms with van der Waals surface area (Å²) in [4.78, 5) is 55.7. The maximum atomic E-state index is 10.9. The summed E-state index contributed by atoms with van der Waals surface area (Å²) in [5, 5.41) is 62.2. The van der Waals surface area contributed by atoms with Gasteiger partial charge in [-0.15, -0.1) is 0 Å². The third-order valence-electron chi connectivity index (χ3n) is 4.99. The highest BCUT2D eigenvalue weighted by molar-refractivity contribution is 7.46. The molecule has 2 aliphatic rings. The maximum Gasteiger partial charge on any atom is 0.469 e. The molecule has 2 fully saturated rings. The van der Waals surface area contributed by atoms with Gasteiger partial charge in [0.1, 0.15) is 48.7 Å². The first-order valence-corrected chi connectivity index (χ1v) is 13.6. The lowest BCUT2D eigenvalue weighted by Gasteiger charge is -2.40. The molecule has 38 heavy (non-hydrogen) atoms. The zero-order valence-corrected chi connectivity index (χ0v) is 21.6. The number of carbonyl (C=O) groups is 2. The minimum Gasteiger partial charge on any atom is -0.388 e. The number of ether oxygens (including phenoxy) is 2. The van der Waals surface area contributed by atoms with Gasteiger partial charge in [-0.2, -0.15) is 0 Å². The van der Waals surface area contributed by atoms with E-state index in [9.17, 15) is 49.4 Å².